The topological polar surface area (TPSA) is 38.3 Å². The quantitative estimate of drug-likeness (QED) is 0.802. The van der Waals surface area contributed by atoms with Gasteiger partial charge in [-0.2, -0.15) is 0 Å². The largest absolute Gasteiger partial charge is 0.481 e. The third-order valence-corrected chi connectivity index (χ3v) is 3.74. The van der Waals surface area contributed by atoms with Gasteiger partial charge in [0.15, 0.2) is 6.10 Å². The van der Waals surface area contributed by atoms with E-state index in [-0.39, 0.29) is 5.91 Å². The molecule has 0 radical (unpaired) electrons. The highest BCUT2D eigenvalue weighted by atomic mass is 16.5. The summed E-state index contributed by atoms with van der Waals surface area (Å²) in [4.78, 5) is 12.2. The molecule has 1 N–H and O–H groups in total. The maximum absolute atomic E-state index is 12.2. The van der Waals surface area contributed by atoms with Crippen molar-refractivity contribution in [1.29, 1.82) is 0 Å². The highest BCUT2D eigenvalue weighted by molar-refractivity contribution is 5.94. The standard InChI is InChI=1S/C20H25NO2/c1-4-5-6-17-9-11-18(12-10-17)21-20(22)16(3)23-19-13-7-15(2)8-14-19/h7-14,16H,4-6H2,1-3H3,(H,21,22)/t16-/m1/s1. The van der Waals surface area contributed by atoms with E-state index in [4.69, 9.17) is 4.74 Å². The summed E-state index contributed by atoms with van der Waals surface area (Å²) < 4.78 is 5.67. The molecule has 23 heavy (non-hydrogen) atoms. The van der Waals surface area contributed by atoms with E-state index in [0.717, 1.165) is 17.7 Å². The summed E-state index contributed by atoms with van der Waals surface area (Å²) in [6.07, 6.45) is 2.91. The Kier molecular flexibility index (Phi) is 6.21. The highest BCUT2D eigenvalue weighted by Crippen LogP contribution is 2.15. The number of aryl methyl sites for hydroxylation is 2. The van der Waals surface area contributed by atoms with Gasteiger partial charge >= 0.3 is 0 Å². The van der Waals surface area contributed by atoms with Crippen LogP contribution in [-0.2, 0) is 11.2 Å². The SMILES string of the molecule is CCCCc1ccc(NC(=O)[C@@H](C)Oc2ccc(C)cc2)cc1. The van der Waals surface area contributed by atoms with Crippen molar-refractivity contribution in [3.8, 4) is 5.75 Å². The minimum Gasteiger partial charge on any atom is -0.481 e. The first-order chi connectivity index (χ1) is 11.1. The average Bonchev–Trinajstić information content (AvgIpc) is 2.56. The molecular weight excluding hydrogens is 286 g/mol. The fraction of sp³-hybridized carbons (Fsp3) is 0.350. The Hall–Kier alpha value is -2.29. The van der Waals surface area contributed by atoms with Crippen LogP contribution in [0.4, 0.5) is 5.69 Å². The second-order valence-electron chi connectivity index (χ2n) is 5.86. The second kappa shape index (κ2) is 8.37. The Morgan fingerprint density at radius 2 is 1.74 bits per heavy atom. The summed E-state index contributed by atoms with van der Waals surface area (Å²) in [6.45, 7) is 5.96. The first kappa shape index (κ1) is 17.1. The zero-order chi connectivity index (χ0) is 16.7. The van der Waals surface area contributed by atoms with Gasteiger partial charge in [0.2, 0.25) is 0 Å². The van der Waals surface area contributed by atoms with Gasteiger partial charge in [0, 0.05) is 5.69 Å². The lowest BCUT2D eigenvalue weighted by Gasteiger charge is -2.15. The van der Waals surface area contributed by atoms with Gasteiger partial charge in [0.05, 0.1) is 0 Å². The minimum absolute atomic E-state index is 0.146. The first-order valence-electron chi connectivity index (χ1n) is 8.21. The number of carbonyl (C=O) groups is 1. The predicted octanol–water partition coefficient (Wildman–Crippen LogP) is 4.74. The second-order valence-corrected chi connectivity index (χ2v) is 5.86. The van der Waals surface area contributed by atoms with Gasteiger partial charge < -0.3 is 10.1 Å². The summed E-state index contributed by atoms with van der Waals surface area (Å²) in [5, 5.41) is 2.89. The number of benzene rings is 2. The molecule has 1 amide bonds. The number of ether oxygens (including phenoxy) is 1. The number of unbranched alkanes of at least 4 members (excludes halogenated alkanes) is 1. The molecule has 122 valence electrons. The summed E-state index contributed by atoms with van der Waals surface area (Å²) >= 11 is 0. The van der Waals surface area contributed by atoms with Gasteiger partial charge in [0.1, 0.15) is 5.75 Å². The van der Waals surface area contributed by atoms with Crippen molar-refractivity contribution in [1.82, 2.24) is 0 Å². The molecule has 0 aliphatic rings. The molecule has 0 aliphatic heterocycles. The minimum atomic E-state index is -0.544. The van der Waals surface area contributed by atoms with Crippen LogP contribution in [0.3, 0.4) is 0 Å². The number of hydrogen-bond donors (Lipinski definition) is 1. The molecule has 3 nitrogen and oxygen atoms in total. The van der Waals surface area contributed by atoms with Crippen molar-refractivity contribution in [3.05, 3.63) is 59.7 Å². The molecule has 0 spiro atoms. The molecule has 0 aromatic heterocycles. The molecule has 1 atom stereocenters. The van der Waals surface area contributed by atoms with Gasteiger partial charge in [-0.05, 0) is 56.5 Å². The maximum Gasteiger partial charge on any atom is 0.265 e. The Labute approximate surface area is 138 Å². The number of anilines is 1. The monoisotopic (exact) mass is 311 g/mol. The lowest BCUT2D eigenvalue weighted by atomic mass is 10.1. The highest BCUT2D eigenvalue weighted by Gasteiger charge is 2.14. The van der Waals surface area contributed by atoms with Gasteiger partial charge in [0.25, 0.3) is 5.91 Å². The van der Waals surface area contributed by atoms with Crippen LogP contribution in [0.5, 0.6) is 5.75 Å². The van der Waals surface area contributed by atoms with E-state index in [0.29, 0.717) is 5.75 Å². The summed E-state index contributed by atoms with van der Waals surface area (Å²) in [5.74, 6) is 0.556. The van der Waals surface area contributed by atoms with Crippen molar-refractivity contribution in [2.45, 2.75) is 46.1 Å². The van der Waals surface area contributed by atoms with Crippen LogP contribution in [0.15, 0.2) is 48.5 Å². The number of rotatable bonds is 7. The number of amides is 1. The van der Waals surface area contributed by atoms with E-state index in [2.05, 4.69) is 24.4 Å². The van der Waals surface area contributed by atoms with Crippen molar-refractivity contribution in [2.75, 3.05) is 5.32 Å². The lowest BCUT2D eigenvalue weighted by molar-refractivity contribution is -0.122. The molecule has 0 bridgehead atoms. The zero-order valence-corrected chi connectivity index (χ0v) is 14.1. The Bertz CT molecular complexity index is 617. The van der Waals surface area contributed by atoms with Crippen LogP contribution in [0.1, 0.15) is 37.8 Å². The van der Waals surface area contributed by atoms with Crippen LogP contribution in [0.2, 0.25) is 0 Å². The Morgan fingerprint density at radius 3 is 2.35 bits per heavy atom. The third kappa shape index (κ3) is 5.44. The lowest BCUT2D eigenvalue weighted by Crippen LogP contribution is -2.30. The summed E-state index contributed by atoms with van der Waals surface area (Å²) in [7, 11) is 0. The summed E-state index contributed by atoms with van der Waals surface area (Å²) in [5.41, 5.74) is 3.26. The van der Waals surface area contributed by atoms with E-state index in [1.807, 2.05) is 43.3 Å². The molecule has 0 saturated carbocycles. The molecule has 3 heteroatoms. The van der Waals surface area contributed by atoms with Gasteiger partial charge in [-0.3, -0.25) is 4.79 Å². The van der Waals surface area contributed by atoms with Crippen LogP contribution < -0.4 is 10.1 Å². The van der Waals surface area contributed by atoms with Crippen LogP contribution >= 0.6 is 0 Å². The van der Waals surface area contributed by atoms with Crippen molar-refractivity contribution < 1.29 is 9.53 Å². The van der Waals surface area contributed by atoms with Gasteiger partial charge in [-0.25, -0.2) is 0 Å². The Morgan fingerprint density at radius 1 is 1.09 bits per heavy atom. The van der Waals surface area contributed by atoms with E-state index >= 15 is 0 Å². The predicted molar refractivity (Wildman–Crippen MR) is 95.0 cm³/mol. The molecule has 0 heterocycles. The summed E-state index contributed by atoms with van der Waals surface area (Å²) in [6, 6.07) is 15.7. The van der Waals surface area contributed by atoms with Crippen LogP contribution in [-0.4, -0.2) is 12.0 Å². The smallest absolute Gasteiger partial charge is 0.265 e. The van der Waals surface area contributed by atoms with Crippen LogP contribution in [0, 0.1) is 6.92 Å². The molecule has 2 aromatic carbocycles. The number of carbonyl (C=O) groups excluding carboxylic acids is 1. The molecule has 0 unspecified atom stereocenters. The molecule has 0 aliphatic carbocycles. The van der Waals surface area contributed by atoms with E-state index in [1.54, 1.807) is 6.92 Å². The number of nitrogens with one attached hydrogen (secondary N) is 1. The fourth-order valence-corrected chi connectivity index (χ4v) is 2.25. The maximum atomic E-state index is 12.2. The average molecular weight is 311 g/mol. The zero-order valence-electron chi connectivity index (χ0n) is 14.1. The molecule has 2 aromatic rings. The van der Waals surface area contributed by atoms with E-state index < -0.39 is 6.10 Å². The molecule has 2 rings (SSSR count). The fourth-order valence-electron chi connectivity index (χ4n) is 2.25. The normalized spacial score (nSPS) is 11.8. The third-order valence-electron chi connectivity index (χ3n) is 3.74. The van der Waals surface area contributed by atoms with Crippen molar-refractivity contribution >= 4 is 11.6 Å². The van der Waals surface area contributed by atoms with Gasteiger partial charge in [-0.15, -0.1) is 0 Å². The molecule has 0 saturated heterocycles. The molecular formula is C20H25NO2. The van der Waals surface area contributed by atoms with Crippen LogP contribution in [0.25, 0.3) is 0 Å². The first-order valence-corrected chi connectivity index (χ1v) is 8.21. The number of hydrogen-bond acceptors (Lipinski definition) is 2. The Balaban J connectivity index is 1.88. The van der Waals surface area contributed by atoms with Gasteiger partial charge in [-0.1, -0.05) is 43.2 Å². The van der Waals surface area contributed by atoms with Crippen molar-refractivity contribution in [3.63, 3.8) is 0 Å². The van der Waals surface area contributed by atoms with E-state index in [9.17, 15) is 4.79 Å². The van der Waals surface area contributed by atoms with Crippen molar-refractivity contribution in [2.24, 2.45) is 0 Å². The van der Waals surface area contributed by atoms with E-state index in [1.165, 1.54) is 18.4 Å². The molecule has 0 fully saturated rings.